The second-order valence-corrected chi connectivity index (χ2v) is 8.75. The predicted octanol–water partition coefficient (Wildman–Crippen LogP) is 6.82. The van der Waals surface area contributed by atoms with Crippen LogP contribution in [-0.4, -0.2) is 10.1 Å². The highest BCUT2D eigenvalue weighted by Gasteiger charge is 2.15. The average Bonchev–Trinajstić information content (AvgIpc) is 3.37. The van der Waals surface area contributed by atoms with Crippen molar-refractivity contribution >= 4 is 62.4 Å². The minimum absolute atomic E-state index is 0.207. The van der Waals surface area contributed by atoms with Crippen molar-refractivity contribution in [2.24, 2.45) is 0 Å². The van der Waals surface area contributed by atoms with Gasteiger partial charge in [0.2, 0.25) is 5.12 Å². The van der Waals surface area contributed by atoms with Gasteiger partial charge in [-0.15, -0.1) is 22.7 Å². The minimum Gasteiger partial charge on any atom is -0.456 e. The maximum Gasteiger partial charge on any atom is 0.226 e. The first-order chi connectivity index (χ1) is 13.1. The Morgan fingerprint density at radius 3 is 2.70 bits per heavy atom. The lowest BCUT2D eigenvalue weighted by Gasteiger charge is -1.97. The molecule has 0 atom stereocenters. The molecule has 0 N–H and O–H groups in total. The Bertz CT molecular complexity index is 1330. The van der Waals surface area contributed by atoms with E-state index in [9.17, 15) is 4.79 Å². The number of hydrogen-bond acceptors (Lipinski definition) is 5. The highest BCUT2D eigenvalue weighted by atomic mass is 32.1. The van der Waals surface area contributed by atoms with E-state index >= 15 is 0 Å². The SMILES string of the molecule is Cc1sc(C(=O)S)cc1-c1nc(-c2ccc3c(c2)oc2ccccc23)cs1. The monoisotopic (exact) mass is 407 g/mol. The summed E-state index contributed by atoms with van der Waals surface area (Å²) in [4.78, 5) is 18.0. The second kappa shape index (κ2) is 6.34. The Morgan fingerprint density at radius 1 is 1.07 bits per heavy atom. The molecule has 3 heterocycles. The number of rotatable bonds is 3. The van der Waals surface area contributed by atoms with E-state index in [4.69, 9.17) is 9.40 Å². The molecule has 0 saturated carbocycles. The molecule has 0 spiro atoms. The van der Waals surface area contributed by atoms with Gasteiger partial charge in [-0.3, -0.25) is 4.79 Å². The summed E-state index contributed by atoms with van der Waals surface area (Å²) >= 11 is 6.95. The topological polar surface area (TPSA) is 43.1 Å². The number of thiazole rings is 1. The zero-order chi connectivity index (χ0) is 18.5. The molecular formula is C21H13NO2S3. The maximum atomic E-state index is 11.5. The Labute approximate surface area is 168 Å². The normalized spacial score (nSPS) is 11.5. The lowest BCUT2D eigenvalue weighted by Crippen LogP contribution is -1.81. The summed E-state index contributed by atoms with van der Waals surface area (Å²) in [5.74, 6) is 0. The van der Waals surface area contributed by atoms with Gasteiger partial charge < -0.3 is 4.42 Å². The van der Waals surface area contributed by atoms with Crippen molar-refractivity contribution < 1.29 is 9.21 Å². The highest BCUT2D eigenvalue weighted by Crippen LogP contribution is 2.37. The quantitative estimate of drug-likeness (QED) is 0.334. The molecule has 5 rings (SSSR count). The number of carbonyl (C=O) groups excluding carboxylic acids is 1. The van der Waals surface area contributed by atoms with Crippen LogP contribution in [0, 0.1) is 6.92 Å². The van der Waals surface area contributed by atoms with Crippen LogP contribution in [-0.2, 0) is 0 Å². The number of nitrogens with zero attached hydrogens (tertiary/aromatic N) is 1. The first-order valence-corrected chi connectivity index (χ1v) is 10.5. The van der Waals surface area contributed by atoms with Crippen LogP contribution in [0.1, 0.15) is 14.5 Å². The average molecular weight is 408 g/mol. The van der Waals surface area contributed by atoms with Crippen LogP contribution in [0.2, 0.25) is 0 Å². The summed E-state index contributed by atoms with van der Waals surface area (Å²) in [6.07, 6.45) is 0. The number of hydrogen-bond donors (Lipinski definition) is 1. The molecule has 2 aromatic carbocycles. The van der Waals surface area contributed by atoms with Crippen LogP contribution in [0.3, 0.4) is 0 Å². The van der Waals surface area contributed by atoms with E-state index in [1.165, 1.54) is 11.3 Å². The van der Waals surface area contributed by atoms with Gasteiger partial charge in [0.1, 0.15) is 16.2 Å². The zero-order valence-electron chi connectivity index (χ0n) is 14.2. The molecule has 0 bridgehead atoms. The number of benzene rings is 2. The van der Waals surface area contributed by atoms with E-state index in [0.29, 0.717) is 4.88 Å². The molecule has 0 amide bonds. The fraction of sp³-hybridized carbons (Fsp3) is 0.0476. The Hall–Kier alpha value is -2.41. The van der Waals surface area contributed by atoms with E-state index in [1.807, 2.05) is 42.6 Å². The summed E-state index contributed by atoms with van der Waals surface area (Å²) in [5, 5.41) is 4.97. The van der Waals surface area contributed by atoms with Crippen LogP contribution in [0.5, 0.6) is 0 Å². The molecule has 0 saturated heterocycles. The van der Waals surface area contributed by atoms with Gasteiger partial charge in [-0.1, -0.05) is 36.9 Å². The summed E-state index contributed by atoms with van der Waals surface area (Å²) in [5.41, 5.74) is 4.67. The lowest BCUT2D eigenvalue weighted by atomic mass is 10.1. The van der Waals surface area contributed by atoms with E-state index < -0.39 is 0 Å². The number of furan rings is 1. The molecule has 6 heteroatoms. The van der Waals surface area contributed by atoms with Gasteiger partial charge in [-0.2, -0.15) is 0 Å². The van der Waals surface area contributed by atoms with Crippen LogP contribution < -0.4 is 0 Å². The highest BCUT2D eigenvalue weighted by molar-refractivity contribution is 7.97. The van der Waals surface area contributed by atoms with Gasteiger partial charge in [-0.25, -0.2) is 4.98 Å². The number of aromatic nitrogens is 1. The van der Waals surface area contributed by atoms with Gasteiger partial charge in [0.25, 0.3) is 0 Å². The Morgan fingerprint density at radius 2 is 1.89 bits per heavy atom. The molecule has 3 aromatic heterocycles. The molecule has 132 valence electrons. The molecule has 0 radical (unpaired) electrons. The van der Waals surface area contributed by atoms with Gasteiger partial charge in [0, 0.05) is 32.2 Å². The van der Waals surface area contributed by atoms with Crippen molar-refractivity contribution in [1.82, 2.24) is 4.98 Å². The number of thiophene rings is 1. The van der Waals surface area contributed by atoms with Gasteiger partial charge in [-0.05, 0) is 31.2 Å². The molecule has 0 fully saturated rings. The van der Waals surface area contributed by atoms with Crippen LogP contribution in [0.25, 0.3) is 43.8 Å². The first-order valence-electron chi connectivity index (χ1n) is 8.31. The third kappa shape index (κ3) is 2.81. The summed E-state index contributed by atoms with van der Waals surface area (Å²) in [6.45, 7) is 2.00. The number of carbonyl (C=O) groups is 1. The van der Waals surface area contributed by atoms with E-state index in [2.05, 4.69) is 30.8 Å². The number of fused-ring (bicyclic) bond motifs is 3. The number of thiol groups is 1. The smallest absolute Gasteiger partial charge is 0.226 e. The molecule has 0 unspecified atom stereocenters. The van der Waals surface area contributed by atoms with Crippen LogP contribution in [0.15, 0.2) is 58.3 Å². The predicted molar refractivity (Wildman–Crippen MR) is 116 cm³/mol. The van der Waals surface area contributed by atoms with Gasteiger partial charge in [0.05, 0.1) is 10.6 Å². The maximum absolute atomic E-state index is 11.5. The van der Waals surface area contributed by atoms with Crippen molar-refractivity contribution in [2.75, 3.05) is 0 Å². The van der Waals surface area contributed by atoms with Crippen molar-refractivity contribution in [3.8, 4) is 21.8 Å². The minimum atomic E-state index is -0.207. The fourth-order valence-electron chi connectivity index (χ4n) is 3.22. The molecule has 0 aliphatic carbocycles. The molecule has 3 nitrogen and oxygen atoms in total. The summed E-state index contributed by atoms with van der Waals surface area (Å²) in [6, 6.07) is 16.1. The van der Waals surface area contributed by atoms with Crippen LogP contribution in [0.4, 0.5) is 0 Å². The van der Waals surface area contributed by atoms with E-state index in [-0.39, 0.29) is 5.12 Å². The third-order valence-corrected chi connectivity index (χ3v) is 6.85. The fourth-order valence-corrected chi connectivity index (χ4v) is 5.24. The molecule has 0 aliphatic heterocycles. The van der Waals surface area contributed by atoms with Crippen molar-refractivity contribution in [2.45, 2.75) is 6.92 Å². The molecular weight excluding hydrogens is 394 g/mol. The third-order valence-electron chi connectivity index (χ3n) is 4.54. The lowest BCUT2D eigenvalue weighted by molar-refractivity contribution is 0.109. The standard InChI is InChI=1S/C21H13NO2S3/c1-11-15(9-19(27-11)21(23)25)20-22-16(10-26-20)12-6-7-14-13-4-2-3-5-17(13)24-18(14)8-12/h2-10H,1H3,(H,23,25). The number of para-hydroxylation sites is 1. The van der Waals surface area contributed by atoms with E-state index in [1.54, 1.807) is 11.3 Å². The Kier molecular flexibility index (Phi) is 3.93. The molecule has 0 aliphatic rings. The van der Waals surface area contributed by atoms with Crippen molar-refractivity contribution in [3.63, 3.8) is 0 Å². The molecule has 27 heavy (non-hydrogen) atoms. The Balaban J connectivity index is 1.58. The second-order valence-electron chi connectivity index (χ2n) is 6.23. The zero-order valence-corrected chi connectivity index (χ0v) is 16.8. The molecule has 5 aromatic rings. The van der Waals surface area contributed by atoms with Crippen molar-refractivity contribution in [3.05, 3.63) is 63.7 Å². The summed E-state index contributed by atoms with van der Waals surface area (Å²) < 4.78 is 5.99. The van der Waals surface area contributed by atoms with E-state index in [0.717, 1.165) is 48.6 Å². The van der Waals surface area contributed by atoms with Gasteiger partial charge in [0.15, 0.2) is 0 Å². The number of aryl methyl sites for hydroxylation is 1. The van der Waals surface area contributed by atoms with Crippen LogP contribution >= 0.6 is 35.3 Å². The van der Waals surface area contributed by atoms with Crippen molar-refractivity contribution in [1.29, 1.82) is 0 Å². The largest absolute Gasteiger partial charge is 0.456 e. The summed E-state index contributed by atoms with van der Waals surface area (Å²) in [7, 11) is 0. The first kappa shape index (κ1) is 16.7. The van der Waals surface area contributed by atoms with Gasteiger partial charge >= 0.3 is 0 Å².